The van der Waals surface area contributed by atoms with Crippen LogP contribution in [0.15, 0.2) is 41.8 Å². The van der Waals surface area contributed by atoms with Gasteiger partial charge in [-0.05, 0) is 29.6 Å². The van der Waals surface area contributed by atoms with Gasteiger partial charge in [-0.2, -0.15) is 0 Å². The molecular formula is C16H17FN2O2S2. The van der Waals surface area contributed by atoms with Crippen molar-refractivity contribution in [2.24, 2.45) is 0 Å². The molecule has 7 heteroatoms. The molecule has 1 aromatic carbocycles. The number of halogens is 1. The van der Waals surface area contributed by atoms with Crippen molar-refractivity contribution in [2.75, 3.05) is 24.7 Å². The highest BCUT2D eigenvalue weighted by Crippen LogP contribution is 2.17. The van der Waals surface area contributed by atoms with E-state index in [1.165, 1.54) is 39.7 Å². The highest BCUT2D eigenvalue weighted by atomic mass is 32.2. The number of likely N-dealkylation sites (N-methyl/N-ethyl adjacent to an activating group) is 1. The van der Waals surface area contributed by atoms with E-state index in [4.69, 9.17) is 0 Å². The summed E-state index contributed by atoms with van der Waals surface area (Å²) in [7, 11) is 1.58. The van der Waals surface area contributed by atoms with E-state index in [-0.39, 0.29) is 18.4 Å². The van der Waals surface area contributed by atoms with Crippen molar-refractivity contribution < 1.29 is 14.0 Å². The molecule has 0 atom stereocenters. The van der Waals surface area contributed by atoms with Gasteiger partial charge in [-0.25, -0.2) is 4.39 Å². The fraction of sp³-hybridized carbons (Fsp3) is 0.250. The molecule has 0 saturated heterocycles. The Morgan fingerprint density at radius 1 is 1.30 bits per heavy atom. The molecule has 1 heterocycles. The van der Waals surface area contributed by atoms with E-state index >= 15 is 0 Å². The van der Waals surface area contributed by atoms with Crippen LogP contribution in [0.2, 0.25) is 0 Å². The Balaban J connectivity index is 1.73. The lowest BCUT2D eigenvalue weighted by Crippen LogP contribution is -2.36. The largest absolute Gasteiger partial charge is 0.336 e. The first kappa shape index (κ1) is 17.5. The minimum Gasteiger partial charge on any atom is -0.336 e. The third-order valence-electron chi connectivity index (χ3n) is 2.96. The summed E-state index contributed by atoms with van der Waals surface area (Å²) in [6.45, 7) is -0.0606. The van der Waals surface area contributed by atoms with Gasteiger partial charge in [0.2, 0.25) is 11.8 Å². The molecule has 0 unspecified atom stereocenters. The highest BCUT2D eigenvalue weighted by Gasteiger charge is 2.13. The lowest BCUT2D eigenvalue weighted by molar-refractivity contribution is -0.131. The number of anilines is 1. The predicted octanol–water partition coefficient (Wildman–Crippen LogP) is 3.22. The molecule has 0 fully saturated rings. The zero-order chi connectivity index (χ0) is 16.7. The summed E-state index contributed by atoms with van der Waals surface area (Å²) in [6, 6.07) is 9.65. The van der Waals surface area contributed by atoms with Crippen LogP contribution >= 0.6 is 23.1 Å². The molecule has 2 aromatic rings. The molecule has 1 aromatic heterocycles. The van der Waals surface area contributed by atoms with Crippen molar-refractivity contribution in [3.8, 4) is 0 Å². The van der Waals surface area contributed by atoms with Crippen LogP contribution in [-0.2, 0) is 15.3 Å². The van der Waals surface area contributed by atoms with Crippen LogP contribution in [0.5, 0.6) is 0 Å². The van der Waals surface area contributed by atoms with Gasteiger partial charge in [0.25, 0.3) is 0 Å². The summed E-state index contributed by atoms with van der Waals surface area (Å²) < 4.78 is 13.0. The molecule has 0 radical (unpaired) electrons. The Labute approximate surface area is 142 Å². The number of carbonyl (C=O) groups is 2. The first-order chi connectivity index (χ1) is 11.0. The average molecular weight is 352 g/mol. The van der Waals surface area contributed by atoms with E-state index in [1.807, 2.05) is 17.5 Å². The minimum atomic E-state index is -0.419. The summed E-state index contributed by atoms with van der Waals surface area (Å²) in [5, 5.41) is 4.57. The minimum absolute atomic E-state index is 0.0606. The Morgan fingerprint density at radius 2 is 2.13 bits per heavy atom. The number of hydrogen-bond donors (Lipinski definition) is 1. The second-order valence-corrected chi connectivity index (χ2v) is 6.90. The summed E-state index contributed by atoms with van der Waals surface area (Å²) in [6.07, 6.45) is 0. The van der Waals surface area contributed by atoms with Crippen molar-refractivity contribution in [3.63, 3.8) is 0 Å². The third kappa shape index (κ3) is 6.03. The quantitative estimate of drug-likeness (QED) is 0.832. The summed E-state index contributed by atoms with van der Waals surface area (Å²) in [5.41, 5.74) is 0.378. The van der Waals surface area contributed by atoms with Gasteiger partial charge in [0.15, 0.2) is 0 Å². The Kier molecular flexibility index (Phi) is 6.61. The standard InChI is InChI=1S/C16H17FN2O2S2/c1-19(16(21)11-22-10-14-6-3-7-23-14)9-15(20)18-13-5-2-4-12(17)8-13/h2-8H,9-11H2,1H3,(H,18,20). The predicted molar refractivity (Wildman–Crippen MR) is 93.1 cm³/mol. The topological polar surface area (TPSA) is 49.4 Å². The monoisotopic (exact) mass is 352 g/mol. The van der Waals surface area contributed by atoms with Gasteiger partial charge in [0.1, 0.15) is 5.82 Å². The molecule has 122 valence electrons. The number of nitrogens with zero attached hydrogens (tertiary/aromatic N) is 1. The molecule has 23 heavy (non-hydrogen) atoms. The number of benzene rings is 1. The van der Waals surface area contributed by atoms with E-state index in [2.05, 4.69) is 5.32 Å². The summed E-state index contributed by atoms with van der Waals surface area (Å²) in [4.78, 5) is 26.4. The fourth-order valence-corrected chi connectivity index (χ4v) is 3.62. The SMILES string of the molecule is CN(CC(=O)Nc1cccc(F)c1)C(=O)CSCc1cccs1. The maximum absolute atomic E-state index is 13.0. The number of thioether (sulfide) groups is 1. The lowest BCUT2D eigenvalue weighted by Gasteiger charge is -2.16. The maximum Gasteiger partial charge on any atom is 0.243 e. The summed E-state index contributed by atoms with van der Waals surface area (Å²) >= 11 is 3.17. The van der Waals surface area contributed by atoms with E-state index in [0.717, 1.165) is 5.75 Å². The fourth-order valence-electron chi connectivity index (χ4n) is 1.81. The van der Waals surface area contributed by atoms with Gasteiger partial charge in [0, 0.05) is 23.4 Å². The van der Waals surface area contributed by atoms with Gasteiger partial charge in [-0.3, -0.25) is 9.59 Å². The Morgan fingerprint density at radius 3 is 2.83 bits per heavy atom. The smallest absolute Gasteiger partial charge is 0.243 e. The van der Waals surface area contributed by atoms with E-state index in [1.54, 1.807) is 24.5 Å². The van der Waals surface area contributed by atoms with Crippen molar-refractivity contribution in [1.82, 2.24) is 4.90 Å². The average Bonchev–Trinajstić information content (AvgIpc) is 3.00. The first-order valence-corrected chi connectivity index (χ1v) is 8.97. The first-order valence-electron chi connectivity index (χ1n) is 6.94. The molecule has 0 aliphatic rings. The second-order valence-electron chi connectivity index (χ2n) is 4.88. The molecule has 4 nitrogen and oxygen atoms in total. The van der Waals surface area contributed by atoms with Crippen molar-refractivity contribution >= 4 is 40.6 Å². The van der Waals surface area contributed by atoms with Crippen LogP contribution in [0.4, 0.5) is 10.1 Å². The van der Waals surface area contributed by atoms with E-state index < -0.39 is 5.82 Å². The summed E-state index contributed by atoms with van der Waals surface area (Å²) in [5.74, 6) is 0.224. The number of carbonyl (C=O) groups excluding carboxylic acids is 2. The van der Waals surface area contributed by atoms with Crippen molar-refractivity contribution in [1.29, 1.82) is 0 Å². The highest BCUT2D eigenvalue weighted by molar-refractivity contribution is 7.99. The molecule has 0 saturated carbocycles. The molecule has 1 N–H and O–H groups in total. The Bertz CT molecular complexity index is 662. The van der Waals surface area contributed by atoms with Crippen LogP contribution in [0, 0.1) is 5.82 Å². The molecule has 0 bridgehead atoms. The van der Waals surface area contributed by atoms with Crippen molar-refractivity contribution in [3.05, 3.63) is 52.5 Å². The third-order valence-corrected chi connectivity index (χ3v) is 4.99. The van der Waals surface area contributed by atoms with Gasteiger partial charge in [0.05, 0.1) is 12.3 Å². The number of nitrogens with one attached hydrogen (secondary N) is 1. The number of amides is 2. The van der Waals surface area contributed by atoms with Gasteiger partial charge in [-0.15, -0.1) is 23.1 Å². The van der Waals surface area contributed by atoms with Gasteiger partial charge in [-0.1, -0.05) is 12.1 Å². The number of rotatable bonds is 7. The second kappa shape index (κ2) is 8.69. The van der Waals surface area contributed by atoms with E-state index in [9.17, 15) is 14.0 Å². The van der Waals surface area contributed by atoms with Gasteiger partial charge < -0.3 is 10.2 Å². The normalized spacial score (nSPS) is 10.3. The van der Waals surface area contributed by atoms with Crippen LogP contribution < -0.4 is 5.32 Å². The van der Waals surface area contributed by atoms with Crippen LogP contribution in [0.1, 0.15) is 4.88 Å². The molecule has 2 amide bonds. The molecule has 2 rings (SSSR count). The molecular weight excluding hydrogens is 335 g/mol. The zero-order valence-electron chi connectivity index (χ0n) is 12.6. The van der Waals surface area contributed by atoms with E-state index in [0.29, 0.717) is 11.4 Å². The maximum atomic E-state index is 13.0. The molecule has 0 spiro atoms. The Hall–Kier alpha value is -1.86. The van der Waals surface area contributed by atoms with Gasteiger partial charge >= 0.3 is 0 Å². The molecule has 0 aliphatic carbocycles. The lowest BCUT2D eigenvalue weighted by atomic mass is 10.3. The number of hydrogen-bond acceptors (Lipinski definition) is 4. The number of thiophene rings is 1. The van der Waals surface area contributed by atoms with Crippen LogP contribution in [0.25, 0.3) is 0 Å². The van der Waals surface area contributed by atoms with Crippen molar-refractivity contribution in [2.45, 2.75) is 5.75 Å². The van der Waals surface area contributed by atoms with Crippen LogP contribution in [0.3, 0.4) is 0 Å². The molecule has 0 aliphatic heterocycles. The zero-order valence-corrected chi connectivity index (χ0v) is 14.3. The van der Waals surface area contributed by atoms with Crippen LogP contribution in [-0.4, -0.2) is 36.1 Å².